The van der Waals surface area contributed by atoms with Crippen molar-refractivity contribution in [3.05, 3.63) is 45.3 Å². The highest BCUT2D eigenvalue weighted by Gasteiger charge is 2.54. The summed E-state index contributed by atoms with van der Waals surface area (Å²) in [4.78, 5) is 70.8. The molecule has 3 aromatic rings. The summed E-state index contributed by atoms with van der Waals surface area (Å²) in [5, 5.41) is 39.4. The van der Waals surface area contributed by atoms with E-state index < -0.39 is 87.0 Å². The molecule has 0 bridgehead atoms. The Morgan fingerprint density at radius 1 is 1.24 bits per heavy atom. The number of oxime groups is 1. The van der Waals surface area contributed by atoms with Gasteiger partial charge >= 0.3 is 16.3 Å². The lowest BCUT2D eigenvalue weighted by atomic mass is 9.84. The Morgan fingerprint density at radius 3 is 2.53 bits per heavy atom. The Balaban J connectivity index is 1.54. The normalized spacial score (nSPS) is 17.1. The quantitative estimate of drug-likeness (QED) is 0.0447. The number of rotatable bonds is 12. The number of thiazole rings is 1. The number of nitrogen functional groups attached to an aromatic ring is 1. The second-order valence-electron chi connectivity index (χ2n) is 9.87. The minimum absolute atomic E-state index is 0.0181. The smallest absolute Gasteiger partial charge is 0.362 e. The number of ketones is 1. The number of pyridine rings is 1. The molecule has 0 radical (unpaired) electrons. The Labute approximate surface area is 255 Å². The highest BCUT2D eigenvalue weighted by molar-refractivity contribution is 7.84. The maximum absolute atomic E-state index is 13.3. The molecule has 0 unspecified atom stereocenters. The summed E-state index contributed by atoms with van der Waals surface area (Å²) >= 11 is 0.916. The van der Waals surface area contributed by atoms with Crippen LogP contribution in [-0.4, -0.2) is 95.0 Å². The molecule has 22 heteroatoms. The van der Waals surface area contributed by atoms with Crippen LogP contribution in [0.3, 0.4) is 0 Å². The van der Waals surface area contributed by atoms with E-state index in [1.165, 1.54) is 5.38 Å². The molecule has 4 rings (SSSR count). The van der Waals surface area contributed by atoms with Crippen LogP contribution in [0.2, 0.25) is 0 Å². The summed E-state index contributed by atoms with van der Waals surface area (Å²) in [5.41, 5.74) is 1.53. The van der Waals surface area contributed by atoms with Crippen molar-refractivity contribution in [2.75, 3.05) is 12.3 Å². The second kappa shape index (κ2) is 12.0. The van der Waals surface area contributed by atoms with Gasteiger partial charge in [0.1, 0.15) is 11.4 Å². The molecular formula is C23H23N7O13S2. The third-order valence-electron chi connectivity index (χ3n) is 6.34. The molecule has 1 fully saturated rings. The molecule has 3 aromatic heterocycles. The van der Waals surface area contributed by atoms with Crippen molar-refractivity contribution in [2.45, 2.75) is 31.9 Å². The van der Waals surface area contributed by atoms with Crippen LogP contribution in [-0.2, 0) is 29.5 Å². The first-order valence-electron chi connectivity index (χ1n) is 12.4. The highest BCUT2D eigenvalue weighted by Crippen LogP contribution is 2.33. The minimum Gasteiger partial charge on any atom is -0.503 e. The van der Waals surface area contributed by atoms with Crippen LogP contribution in [0.4, 0.5) is 5.13 Å². The van der Waals surface area contributed by atoms with E-state index in [4.69, 9.17) is 15.1 Å². The van der Waals surface area contributed by atoms with E-state index in [2.05, 4.69) is 20.6 Å². The highest BCUT2D eigenvalue weighted by atomic mass is 32.2. The fourth-order valence-electron chi connectivity index (χ4n) is 3.93. The van der Waals surface area contributed by atoms with Gasteiger partial charge in [-0.3, -0.25) is 23.7 Å². The molecule has 240 valence electrons. The van der Waals surface area contributed by atoms with E-state index in [1.54, 1.807) is 0 Å². The number of hydrogen-bond acceptors (Lipinski definition) is 16. The molecule has 20 nitrogen and oxygen atoms in total. The molecule has 7 N–H and O–H groups in total. The monoisotopic (exact) mass is 669 g/mol. The number of aromatic hydroxyl groups is 1. The largest absolute Gasteiger partial charge is 0.503 e. The third-order valence-corrected chi connectivity index (χ3v) is 7.96. The van der Waals surface area contributed by atoms with Crippen LogP contribution in [0.15, 0.2) is 38.2 Å². The van der Waals surface area contributed by atoms with Crippen molar-refractivity contribution in [2.24, 2.45) is 11.1 Å². The number of carbonyl (C=O) groups excluding carboxylic acids is 3. The average Bonchev–Trinajstić information content (AvgIpc) is 3.60. The average molecular weight is 670 g/mol. The van der Waals surface area contributed by atoms with E-state index in [1.807, 2.05) is 0 Å². The van der Waals surface area contributed by atoms with Crippen molar-refractivity contribution >= 4 is 56.1 Å². The molecule has 0 aromatic carbocycles. The lowest BCUT2D eigenvalue weighted by Gasteiger charge is -2.43. The zero-order valence-corrected chi connectivity index (χ0v) is 24.6. The van der Waals surface area contributed by atoms with Gasteiger partial charge in [0.05, 0.1) is 18.2 Å². The predicted molar refractivity (Wildman–Crippen MR) is 149 cm³/mol. The molecule has 0 aliphatic carbocycles. The number of Topliss-reactive ketones (excluding diaryl/α,β-unsaturated/α-hetero) is 1. The Bertz CT molecular complexity index is 1890. The molecule has 1 aliphatic heterocycles. The first kappa shape index (κ1) is 32.6. The second-order valence-corrected chi connectivity index (χ2v) is 12.0. The number of amides is 2. The summed E-state index contributed by atoms with van der Waals surface area (Å²) in [6.07, 6.45) is -0.0565. The van der Waals surface area contributed by atoms with E-state index in [0.29, 0.717) is 10.9 Å². The number of β-lactam (4-membered cyclic amide) rings is 1. The number of aliphatic carboxylic acids is 1. The number of carboxylic acids is 1. The van der Waals surface area contributed by atoms with Gasteiger partial charge in [0.2, 0.25) is 16.9 Å². The topological polar surface area (TPSA) is 307 Å². The van der Waals surface area contributed by atoms with E-state index in [-0.39, 0.29) is 26.6 Å². The summed E-state index contributed by atoms with van der Waals surface area (Å²) < 4.78 is 38.8. The van der Waals surface area contributed by atoms with Gasteiger partial charge in [-0.05, 0) is 13.8 Å². The number of carboxylic acid groups (broad SMARTS) is 1. The van der Waals surface area contributed by atoms with Gasteiger partial charge < -0.3 is 35.8 Å². The molecule has 0 spiro atoms. The van der Waals surface area contributed by atoms with Crippen molar-refractivity contribution < 1.29 is 56.9 Å². The van der Waals surface area contributed by atoms with E-state index >= 15 is 0 Å². The van der Waals surface area contributed by atoms with Gasteiger partial charge in [-0.1, -0.05) is 10.3 Å². The van der Waals surface area contributed by atoms with E-state index in [0.717, 1.165) is 37.3 Å². The molecule has 4 heterocycles. The summed E-state index contributed by atoms with van der Waals surface area (Å²) in [6, 6.07) is 0.320. The maximum atomic E-state index is 13.3. The first-order valence-corrected chi connectivity index (χ1v) is 14.6. The van der Waals surface area contributed by atoms with Gasteiger partial charge in [-0.15, -0.1) is 11.3 Å². The van der Waals surface area contributed by atoms with Crippen molar-refractivity contribution in [3.8, 4) is 17.2 Å². The van der Waals surface area contributed by atoms with Gasteiger partial charge in [0.25, 0.3) is 5.91 Å². The zero-order chi connectivity index (χ0) is 33.4. The van der Waals surface area contributed by atoms with E-state index in [9.17, 15) is 52.4 Å². The van der Waals surface area contributed by atoms with Gasteiger partial charge in [0.15, 0.2) is 33.8 Å². The van der Waals surface area contributed by atoms with Crippen molar-refractivity contribution in [1.82, 2.24) is 24.5 Å². The van der Waals surface area contributed by atoms with Crippen LogP contribution >= 0.6 is 11.3 Å². The fourth-order valence-corrected chi connectivity index (χ4v) is 5.40. The number of carbonyl (C=O) groups is 4. The van der Waals surface area contributed by atoms with Crippen LogP contribution in [0, 0.1) is 5.92 Å². The lowest BCUT2D eigenvalue weighted by Crippen LogP contribution is -2.66. The molecule has 0 saturated carbocycles. The number of nitrogens with one attached hydrogen (secondary N) is 1. The molecule has 1 saturated heterocycles. The van der Waals surface area contributed by atoms with Gasteiger partial charge in [-0.25, -0.2) is 14.1 Å². The van der Waals surface area contributed by atoms with Crippen molar-refractivity contribution in [1.29, 1.82) is 0 Å². The summed E-state index contributed by atoms with van der Waals surface area (Å²) in [5.74, 6) is -7.00. The Hall–Kier alpha value is -5.35. The first-order chi connectivity index (χ1) is 20.9. The Kier molecular flexibility index (Phi) is 8.66. The fraction of sp³-hybridized carbons (Fsp3) is 0.304. The molecule has 45 heavy (non-hydrogen) atoms. The van der Waals surface area contributed by atoms with Crippen LogP contribution in [0.5, 0.6) is 5.75 Å². The molecular weight excluding hydrogens is 646 g/mol. The number of nitrogens with two attached hydrogens (primary N) is 1. The van der Waals surface area contributed by atoms with Crippen LogP contribution in [0.1, 0.15) is 36.5 Å². The molecule has 2 amide bonds. The summed E-state index contributed by atoms with van der Waals surface area (Å²) in [7, 11) is -5.14. The Morgan fingerprint density at radius 2 is 1.93 bits per heavy atom. The SMILES string of the molecule is CC(C)(O/N=C(\C(=O)C[C@@H]1C(=O)N(S(=O)(=O)O)[C@@H]1CNC(=O)c1cc(-c2cc(=O)c(O)cn2O)on1)c1csc(N)n1)C(=O)O. The summed E-state index contributed by atoms with van der Waals surface area (Å²) in [6.45, 7) is 1.67. The number of anilines is 1. The van der Waals surface area contributed by atoms with Crippen LogP contribution in [0.25, 0.3) is 11.5 Å². The zero-order valence-electron chi connectivity index (χ0n) is 23.0. The van der Waals surface area contributed by atoms with Crippen LogP contribution < -0.4 is 16.5 Å². The molecule has 2 atom stereocenters. The standard InChI is InChI=1S/C23H23N7O13S2/c1-23(2,21(36)37)43-28-18(11-8-44-22(24)26-11)15(32)3-9-13(30(20(9)35)45(39,40)41)6-25-19(34)10-4-17(42-27-10)12-5-14(31)16(33)7-29(12)38/h4-5,7-9,13,33,38H,3,6H2,1-2H3,(H2,24,26)(H,25,34)(H,36,37)(H,39,40,41)/b28-18-/t9-,13+/m0/s1. The predicted octanol–water partition coefficient (Wildman–Crippen LogP) is -0.912. The minimum atomic E-state index is -5.14. The number of aromatic nitrogens is 3. The van der Waals surface area contributed by atoms with Crippen molar-refractivity contribution in [3.63, 3.8) is 0 Å². The maximum Gasteiger partial charge on any atom is 0.362 e. The lowest BCUT2D eigenvalue weighted by molar-refractivity contribution is -0.161. The number of nitrogens with zero attached hydrogens (tertiary/aromatic N) is 5. The van der Waals surface area contributed by atoms with Gasteiger partial charge in [0, 0.05) is 30.5 Å². The van der Waals surface area contributed by atoms with Gasteiger partial charge in [-0.2, -0.15) is 13.1 Å². The third kappa shape index (κ3) is 6.76. The number of hydrogen-bond donors (Lipinski definition) is 6. The molecule has 1 aliphatic rings.